The molecule has 0 saturated carbocycles. The van der Waals surface area contributed by atoms with E-state index in [4.69, 9.17) is 42.6 Å². The molecule has 0 aliphatic carbocycles. The Balaban J connectivity index is 1.42. The van der Waals surface area contributed by atoms with Crippen molar-refractivity contribution in [1.29, 1.82) is 0 Å². The third-order valence-corrected chi connectivity index (χ3v) is 9.83. The summed E-state index contributed by atoms with van der Waals surface area (Å²) in [6.07, 6.45) is 6.02. The van der Waals surface area contributed by atoms with Crippen molar-refractivity contribution in [3.8, 4) is 34.5 Å². The molecule has 13 nitrogen and oxygen atoms in total. The molecule has 0 N–H and O–H groups in total. The number of benzene rings is 3. The van der Waals surface area contributed by atoms with E-state index in [1.165, 1.54) is 11.1 Å². The van der Waals surface area contributed by atoms with Crippen LogP contribution < -0.4 is 28.4 Å². The van der Waals surface area contributed by atoms with Gasteiger partial charge in [-0.25, -0.2) is 9.59 Å². The Morgan fingerprint density at radius 1 is 0.610 bits per heavy atom. The Morgan fingerprint density at radius 3 is 1.71 bits per heavy atom. The number of nitrogens with zero attached hydrogens (tertiary/aromatic N) is 2. The molecule has 3 aromatic carbocycles. The summed E-state index contributed by atoms with van der Waals surface area (Å²) in [6, 6.07) is 16.0. The van der Waals surface area contributed by atoms with Crippen molar-refractivity contribution in [3.05, 3.63) is 82.9 Å². The first-order valence-electron chi connectivity index (χ1n) is 20.3. The van der Waals surface area contributed by atoms with Crippen LogP contribution in [0.15, 0.2) is 60.7 Å². The van der Waals surface area contributed by atoms with Crippen LogP contribution >= 0.6 is 0 Å². The standard InChI is InChI=1S/C46H66N2O11/c1-10-24-57-27-23-48(33-36-14-16-40(52-5)42(30-36)54-7)21-12-26-59-46(50)18-17-45(49)58-25-11-20-47(3)22-19-37-31-43(55-8)44(56-9)32-38(37)34(2)28-35-13-15-39(51-4)41(29-35)53-6/h13-18,29-32,34H,10-12,19-28,33H2,1-9H3/b18-17-/t34-/m1/s1. The van der Waals surface area contributed by atoms with Gasteiger partial charge < -0.3 is 47.5 Å². The minimum Gasteiger partial charge on any atom is -0.493 e. The van der Waals surface area contributed by atoms with Crippen LogP contribution in [0, 0.1) is 0 Å². The summed E-state index contributed by atoms with van der Waals surface area (Å²) in [7, 11) is 11.8. The number of methoxy groups -OCH3 is 6. The van der Waals surface area contributed by atoms with Gasteiger partial charge in [0.05, 0.1) is 62.5 Å². The minimum absolute atomic E-state index is 0.185. The Kier molecular flexibility index (Phi) is 22.1. The van der Waals surface area contributed by atoms with Crippen molar-refractivity contribution in [2.24, 2.45) is 0 Å². The minimum atomic E-state index is -0.591. The van der Waals surface area contributed by atoms with Gasteiger partial charge in [-0.1, -0.05) is 26.0 Å². The first-order chi connectivity index (χ1) is 28.6. The molecule has 0 aliphatic heterocycles. The van der Waals surface area contributed by atoms with Crippen molar-refractivity contribution >= 4 is 11.9 Å². The monoisotopic (exact) mass is 822 g/mol. The lowest BCUT2D eigenvalue weighted by molar-refractivity contribution is -0.140. The molecular formula is C46H66N2O11. The summed E-state index contributed by atoms with van der Waals surface area (Å²) in [6.45, 7) is 9.62. The number of likely N-dealkylation sites (N-methyl/N-ethyl adjacent to an activating group) is 1. The van der Waals surface area contributed by atoms with Crippen LogP contribution in [-0.4, -0.2) is 124 Å². The average molecular weight is 823 g/mol. The molecule has 3 aromatic rings. The van der Waals surface area contributed by atoms with Gasteiger partial charge in [-0.3, -0.25) is 4.90 Å². The zero-order valence-corrected chi connectivity index (χ0v) is 36.6. The van der Waals surface area contributed by atoms with Crippen molar-refractivity contribution in [3.63, 3.8) is 0 Å². The van der Waals surface area contributed by atoms with Crippen molar-refractivity contribution in [2.75, 3.05) is 102 Å². The van der Waals surface area contributed by atoms with Crippen LogP contribution in [0.4, 0.5) is 0 Å². The van der Waals surface area contributed by atoms with Crippen LogP contribution in [0.25, 0.3) is 0 Å². The second-order valence-corrected chi connectivity index (χ2v) is 14.2. The third-order valence-electron chi connectivity index (χ3n) is 9.83. The topological polar surface area (TPSA) is 124 Å². The molecule has 0 heterocycles. The van der Waals surface area contributed by atoms with Gasteiger partial charge in [0.15, 0.2) is 34.5 Å². The number of carbonyl (C=O) groups is 2. The summed E-state index contributed by atoms with van der Waals surface area (Å²) >= 11 is 0. The number of hydrogen-bond donors (Lipinski definition) is 0. The molecule has 0 aromatic heterocycles. The van der Waals surface area contributed by atoms with Gasteiger partial charge in [-0.05, 0) is 104 Å². The summed E-state index contributed by atoms with van der Waals surface area (Å²) in [5.41, 5.74) is 4.57. The van der Waals surface area contributed by atoms with Crippen LogP contribution in [0.1, 0.15) is 61.3 Å². The summed E-state index contributed by atoms with van der Waals surface area (Å²) in [5, 5.41) is 0. The fraction of sp³-hybridized carbons (Fsp3) is 0.522. The molecular weight excluding hydrogens is 757 g/mol. The lowest BCUT2D eigenvalue weighted by Crippen LogP contribution is -2.29. The second-order valence-electron chi connectivity index (χ2n) is 14.2. The Bertz CT molecular complexity index is 1750. The van der Waals surface area contributed by atoms with Crippen LogP contribution in [-0.2, 0) is 43.2 Å². The van der Waals surface area contributed by atoms with E-state index >= 15 is 0 Å². The number of hydrogen-bond acceptors (Lipinski definition) is 13. The summed E-state index contributed by atoms with van der Waals surface area (Å²) < 4.78 is 49.5. The van der Waals surface area contributed by atoms with Crippen LogP contribution in [0.3, 0.4) is 0 Å². The SMILES string of the molecule is CCCOCCN(CCCOC(=O)/C=C\C(=O)OCCCN(C)CCc1cc(OC)c(OC)cc1[C@H](C)Cc1ccc(OC)c(OC)c1)Cc1ccc(OC)c(OC)c1. The molecule has 1 atom stereocenters. The lowest BCUT2D eigenvalue weighted by atomic mass is 9.88. The molecule has 326 valence electrons. The number of rotatable bonds is 29. The normalized spacial score (nSPS) is 11.8. The van der Waals surface area contributed by atoms with Crippen molar-refractivity contribution in [2.45, 2.75) is 58.4 Å². The molecule has 3 rings (SSSR count). The van der Waals surface area contributed by atoms with E-state index in [9.17, 15) is 9.59 Å². The van der Waals surface area contributed by atoms with E-state index in [0.717, 1.165) is 62.2 Å². The third kappa shape index (κ3) is 16.7. The predicted molar refractivity (Wildman–Crippen MR) is 229 cm³/mol. The molecule has 0 spiro atoms. The van der Waals surface area contributed by atoms with E-state index in [0.29, 0.717) is 73.6 Å². The van der Waals surface area contributed by atoms with Gasteiger partial charge >= 0.3 is 11.9 Å². The molecule has 0 bridgehead atoms. The van der Waals surface area contributed by atoms with Gasteiger partial charge in [-0.15, -0.1) is 0 Å². The van der Waals surface area contributed by atoms with Gasteiger partial charge in [-0.2, -0.15) is 0 Å². The quantitative estimate of drug-likeness (QED) is 0.0410. The fourth-order valence-corrected chi connectivity index (χ4v) is 6.65. The van der Waals surface area contributed by atoms with Crippen LogP contribution in [0.5, 0.6) is 34.5 Å². The number of carbonyl (C=O) groups excluding carboxylic acids is 2. The summed E-state index contributed by atoms with van der Waals surface area (Å²) in [5.74, 6) is 3.13. The zero-order chi connectivity index (χ0) is 43.0. The van der Waals surface area contributed by atoms with Crippen molar-refractivity contribution in [1.82, 2.24) is 9.80 Å². The van der Waals surface area contributed by atoms with E-state index in [2.05, 4.69) is 41.8 Å². The molecule has 0 radical (unpaired) electrons. The van der Waals surface area contributed by atoms with Gasteiger partial charge in [0.2, 0.25) is 0 Å². The highest BCUT2D eigenvalue weighted by Gasteiger charge is 2.18. The largest absolute Gasteiger partial charge is 0.493 e. The molecule has 13 heteroatoms. The van der Waals surface area contributed by atoms with E-state index in [1.807, 2.05) is 37.4 Å². The maximum atomic E-state index is 12.3. The Hall–Kier alpha value is -4.98. The molecule has 0 fully saturated rings. The summed E-state index contributed by atoms with van der Waals surface area (Å²) in [4.78, 5) is 29.1. The zero-order valence-electron chi connectivity index (χ0n) is 36.6. The highest BCUT2D eigenvalue weighted by atomic mass is 16.5. The number of esters is 2. The molecule has 0 aliphatic rings. The molecule has 0 unspecified atom stereocenters. The van der Waals surface area contributed by atoms with E-state index in [-0.39, 0.29) is 19.1 Å². The first kappa shape index (κ1) is 48.4. The smallest absolute Gasteiger partial charge is 0.331 e. The highest BCUT2D eigenvalue weighted by Crippen LogP contribution is 2.37. The Morgan fingerprint density at radius 2 is 1.14 bits per heavy atom. The van der Waals surface area contributed by atoms with Crippen molar-refractivity contribution < 1.29 is 52.2 Å². The second kappa shape index (κ2) is 26.9. The van der Waals surface area contributed by atoms with E-state index in [1.54, 1.807) is 42.7 Å². The average Bonchev–Trinajstić information content (AvgIpc) is 3.25. The van der Waals surface area contributed by atoms with Gasteiger partial charge in [0, 0.05) is 51.5 Å². The molecule has 0 saturated heterocycles. The highest BCUT2D eigenvalue weighted by molar-refractivity contribution is 5.91. The first-order valence-corrected chi connectivity index (χ1v) is 20.3. The van der Waals surface area contributed by atoms with Gasteiger partial charge in [0.1, 0.15) is 0 Å². The Labute approximate surface area is 351 Å². The molecule has 0 amide bonds. The van der Waals surface area contributed by atoms with E-state index < -0.39 is 11.9 Å². The predicted octanol–water partition coefficient (Wildman–Crippen LogP) is 6.91. The van der Waals surface area contributed by atoms with Gasteiger partial charge in [0.25, 0.3) is 0 Å². The number of ether oxygens (including phenoxy) is 9. The maximum Gasteiger partial charge on any atom is 0.331 e. The maximum absolute atomic E-state index is 12.3. The van der Waals surface area contributed by atoms with Crippen LogP contribution in [0.2, 0.25) is 0 Å². The lowest BCUT2D eigenvalue weighted by Gasteiger charge is -2.23. The molecule has 59 heavy (non-hydrogen) atoms. The fourth-order valence-electron chi connectivity index (χ4n) is 6.65.